The van der Waals surface area contributed by atoms with Gasteiger partial charge in [-0.25, -0.2) is 4.79 Å². The number of aromatic nitrogens is 2. The molecule has 0 saturated carbocycles. The largest absolute Gasteiger partial charge is 0.464 e. The summed E-state index contributed by atoms with van der Waals surface area (Å²) in [5.74, 6) is -0.478. The lowest BCUT2D eigenvalue weighted by atomic mass is 10.1. The molecular formula is C13H13ClN2O3. The number of nitrogens with one attached hydrogen (secondary N) is 1. The molecule has 19 heavy (non-hydrogen) atoms. The lowest BCUT2D eigenvalue weighted by Gasteiger charge is -2.05. The number of esters is 1. The van der Waals surface area contributed by atoms with E-state index in [2.05, 4.69) is 14.9 Å². The molecule has 0 unspecified atom stereocenters. The standard InChI is InChI=1S/C13H13ClN2O3/c1-18-7-9-5-8(3-4-10(9)14)11-6-12(16-15-11)13(17)19-2/h3-6H,7H2,1-2H3,(H,15,16). The number of H-pyrrole nitrogens is 1. The highest BCUT2D eigenvalue weighted by molar-refractivity contribution is 6.31. The third-order valence-electron chi connectivity index (χ3n) is 2.63. The van der Waals surface area contributed by atoms with Crippen LogP contribution in [0.4, 0.5) is 0 Å². The summed E-state index contributed by atoms with van der Waals surface area (Å²) in [6.45, 7) is 0.421. The molecule has 0 aliphatic carbocycles. The van der Waals surface area contributed by atoms with Crippen LogP contribution in [-0.2, 0) is 16.1 Å². The number of hydrogen-bond acceptors (Lipinski definition) is 4. The molecule has 0 amide bonds. The van der Waals surface area contributed by atoms with Crippen LogP contribution in [0.1, 0.15) is 16.1 Å². The number of rotatable bonds is 4. The summed E-state index contributed by atoms with van der Waals surface area (Å²) < 4.78 is 9.68. The SMILES string of the molecule is COCc1cc(-c2cc(C(=O)OC)n[nH]2)ccc1Cl. The summed E-state index contributed by atoms with van der Waals surface area (Å²) in [5.41, 5.74) is 2.70. The van der Waals surface area contributed by atoms with Gasteiger partial charge in [-0.05, 0) is 23.8 Å². The first-order chi connectivity index (χ1) is 9.15. The fraction of sp³-hybridized carbons (Fsp3) is 0.231. The second kappa shape index (κ2) is 5.86. The van der Waals surface area contributed by atoms with Crippen molar-refractivity contribution in [3.8, 4) is 11.3 Å². The van der Waals surface area contributed by atoms with Gasteiger partial charge in [0.2, 0.25) is 0 Å². The van der Waals surface area contributed by atoms with Gasteiger partial charge in [-0.2, -0.15) is 5.10 Å². The van der Waals surface area contributed by atoms with E-state index in [1.165, 1.54) is 7.11 Å². The van der Waals surface area contributed by atoms with Crippen molar-refractivity contribution in [3.63, 3.8) is 0 Å². The van der Waals surface area contributed by atoms with Gasteiger partial charge in [0.25, 0.3) is 0 Å². The van der Waals surface area contributed by atoms with Crippen molar-refractivity contribution in [2.45, 2.75) is 6.61 Å². The molecule has 6 heteroatoms. The molecule has 0 fully saturated rings. The van der Waals surface area contributed by atoms with E-state index in [0.717, 1.165) is 16.8 Å². The minimum atomic E-state index is -0.478. The number of carbonyl (C=O) groups is 1. The highest BCUT2D eigenvalue weighted by Gasteiger charge is 2.12. The molecular weight excluding hydrogens is 268 g/mol. The van der Waals surface area contributed by atoms with E-state index in [9.17, 15) is 4.79 Å². The zero-order valence-electron chi connectivity index (χ0n) is 10.6. The maximum atomic E-state index is 11.3. The quantitative estimate of drug-likeness (QED) is 0.875. The number of halogens is 1. The fourth-order valence-corrected chi connectivity index (χ4v) is 1.86. The van der Waals surface area contributed by atoms with Gasteiger partial charge in [-0.3, -0.25) is 5.10 Å². The van der Waals surface area contributed by atoms with Gasteiger partial charge in [-0.15, -0.1) is 0 Å². The Bertz CT molecular complexity index is 595. The first-order valence-electron chi connectivity index (χ1n) is 5.57. The van der Waals surface area contributed by atoms with E-state index in [1.54, 1.807) is 19.2 Å². The molecule has 0 spiro atoms. The van der Waals surface area contributed by atoms with Crippen molar-refractivity contribution in [2.24, 2.45) is 0 Å². The Morgan fingerprint density at radius 3 is 2.84 bits per heavy atom. The van der Waals surface area contributed by atoms with E-state index in [0.29, 0.717) is 11.6 Å². The number of ether oxygens (including phenoxy) is 2. The molecule has 0 bridgehead atoms. The van der Waals surface area contributed by atoms with Gasteiger partial charge in [0.05, 0.1) is 19.4 Å². The summed E-state index contributed by atoms with van der Waals surface area (Å²) in [5, 5.41) is 7.33. The van der Waals surface area contributed by atoms with Crippen molar-refractivity contribution in [1.29, 1.82) is 0 Å². The van der Waals surface area contributed by atoms with Crippen LogP contribution in [0.25, 0.3) is 11.3 Å². The normalized spacial score (nSPS) is 10.5. The monoisotopic (exact) mass is 280 g/mol. The van der Waals surface area contributed by atoms with Crippen LogP contribution in [0.3, 0.4) is 0 Å². The van der Waals surface area contributed by atoms with E-state index in [-0.39, 0.29) is 5.69 Å². The molecule has 100 valence electrons. The molecule has 0 aliphatic rings. The molecule has 0 aliphatic heterocycles. The van der Waals surface area contributed by atoms with Gasteiger partial charge < -0.3 is 9.47 Å². The number of methoxy groups -OCH3 is 2. The lowest BCUT2D eigenvalue weighted by molar-refractivity contribution is 0.0594. The highest BCUT2D eigenvalue weighted by atomic mass is 35.5. The van der Waals surface area contributed by atoms with Crippen LogP contribution >= 0.6 is 11.6 Å². The molecule has 1 aromatic heterocycles. The van der Waals surface area contributed by atoms with Crippen LogP contribution < -0.4 is 0 Å². The van der Waals surface area contributed by atoms with Gasteiger partial charge in [0.1, 0.15) is 0 Å². The summed E-state index contributed by atoms with van der Waals surface area (Å²) in [7, 11) is 2.92. The second-order valence-electron chi connectivity index (χ2n) is 3.90. The summed E-state index contributed by atoms with van der Waals surface area (Å²) in [6, 6.07) is 7.14. The first-order valence-corrected chi connectivity index (χ1v) is 5.95. The topological polar surface area (TPSA) is 64.2 Å². The van der Waals surface area contributed by atoms with E-state index >= 15 is 0 Å². The Hall–Kier alpha value is -1.85. The van der Waals surface area contributed by atoms with Gasteiger partial charge in [-0.1, -0.05) is 17.7 Å². The van der Waals surface area contributed by atoms with E-state index in [4.69, 9.17) is 16.3 Å². The average Bonchev–Trinajstić information content (AvgIpc) is 2.90. The first kappa shape index (κ1) is 13.6. The number of nitrogens with zero attached hydrogens (tertiary/aromatic N) is 1. The second-order valence-corrected chi connectivity index (χ2v) is 4.30. The Morgan fingerprint density at radius 1 is 1.37 bits per heavy atom. The number of aromatic amines is 1. The van der Waals surface area contributed by atoms with Crippen molar-refractivity contribution in [1.82, 2.24) is 10.2 Å². The summed E-state index contributed by atoms with van der Waals surface area (Å²) >= 11 is 6.06. The smallest absolute Gasteiger partial charge is 0.358 e. The molecule has 0 radical (unpaired) electrons. The maximum Gasteiger partial charge on any atom is 0.358 e. The zero-order chi connectivity index (χ0) is 13.8. The Labute approximate surface area is 115 Å². The number of hydrogen-bond donors (Lipinski definition) is 1. The number of carbonyl (C=O) groups excluding carboxylic acids is 1. The Morgan fingerprint density at radius 2 is 2.16 bits per heavy atom. The van der Waals surface area contributed by atoms with Crippen molar-refractivity contribution < 1.29 is 14.3 Å². The fourth-order valence-electron chi connectivity index (χ4n) is 1.69. The molecule has 2 aromatic rings. The lowest BCUT2D eigenvalue weighted by Crippen LogP contribution is -2.00. The average molecular weight is 281 g/mol. The molecule has 1 aromatic carbocycles. The minimum Gasteiger partial charge on any atom is -0.464 e. The van der Waals surface area contributed by atoms with Crippen LogP contribution in [0.15, 0.2) is 24.3 Å². The third-order valence-corrected chi connectivity index (χ3v) is 3.00. The van der Waals surface area contributed by atoms with Gasteiger partial charge >= 0.3 is 5.97 Å². The van der Waals surface area contributed by atoms with Crippen molar-refractivity contribution >= 4 is 17.6 Å². The molecule has 2 rings (SSSR count). The Balaban J connectivity index is 2.33. The van der Waals surface area contributed by atoms with Gasteiger partial charge in [0, 0.05) is 17.7 Å². The molecule has 1 N–H and O–H groups in total. The zero-order valence-corrected chi connectivity index (χ0v) is 11.3. The van der Waals surface area contributed by atoms with Crippen LogP contribution in [0, 0.1) is 0 Å². The summed E-state index contributed by atoms with van der Waals surface area (Å²) in [4.78, 5) is 11.3. The predicted octanol–water partition coefficient (Wildman–Crippen LogP) is 2.66. The summed E-state index contributed by atoms with van der Waals surface area (Å²) in [6.07, 6.45) is 0. The van der Waals surface area contributed by atoms with Gasteiger partial charge in [0.15, 0.2) is 5.69 Å². The van der Waals surface area contributed by atoms with Crippen LogP contribution in [0.2, 0.25) is 5.02 Å². The van der Waals surface area contributed by atoms with Crippen LogP contribution in [-0.4, -0.2) is 30.4 Å². The predicted molar refractivity (Wildman–Crippen MR) is 71.1 cm³/mol. The Kier molecular flexibility index (Phi) is 4.19. The molecule has 1 heterocycles. The molecule has 0 saturated heterocycles. The van der Waals surface area contributed by atoms with E-state index in [1.807, 2.05) is 12.1 Å². The van der Waals surface area contributed by atoms with E-state index < -0.39 is 5.97 Å². The molecule has 5 nitrogen and oxygen atoms in total. The third kappa shape index (κ3) is 2.94. The van der Waals surface area contributed by atoms with Crippen molar-refractivity contribution in [3.05, 3.63) is 40.5 Å². The van der Waals surface area contributed by atoms with Crippen LogP contribution in [0.5, 0.6) is 0 Å². The minimum absolute atomic E-state index is 0.237. The highest BCUT2D eigenvalue weighted by Crippen LogP contribution is 2.25. The maximum absolute atomic E-state index is 11.3. The van der Waals surface area contributed by atoms with Crippen molar-refractivity contribution in [2.75, 3.05) is 14.2 Å². The number of benzene rings is 1. The molecule has 0 atom stereocenters.